The number of nitrogens with zero attached hydrogens (tertiary/aromatic N) is 3. The van der Waals surface area contributed by atoms with E-state index in [1.807, 2.05) is 6.92 Å². The van der Waals surface area contributed by atoms with Crippen molar-refractivity contribution in [3.63, 3.8) is 0 Å². The van der Waals surface area contributed by atoms with Crippen molar-refractivity contribution in [2.24, 2.45) is 12.8 Å². The second-order valence-electron chi connectivity index (χ2n) is 4.97. The molecule has 0 saturated heterocycles. The number of sulfonamides is 1. The molecule has 1 unspecified atom stereocenters. The lowest BCUT2D eigenvalue weighted by atomic mass is 10.2. The van der Waals surface area contributed by atoms with Crippen molar-refractivity contribution in [3.8, 4) is 0 Å². The number of carbonyl (C=O) groups excluding carboxylic acids is 1. The monoisotopic (exact) mass is 317 g/mol. The maximum absolute atomic E-state index is 12.0. The zero-order valence-electron chi connectivity index (χ0n) is 12.8. The minimum atomic E-state index is -3.69. The first-order chi connectivity index (χ1) is 9.69. The highest BCUT2D eigenvalue weighted by Crippen LogP contribution is 2.07. The van der Waals surface area contributed by atoms with Crippen LogP contribution >= 0.6 is 0 Å². The van der Waals surface area contributed by atoms with Gasteiger partial charge in [-0.25, -0.2) is 18.1 Å². The van der Waals surface area contributed by atoms with Crippen LogP contribution in [0.4, 0.5) is 0 Å². The van der Waals surface area contributed by atoms with Crippen LogP contribution < -0.4 is 10.5 Å². The predicted octanol–water partition coefficient (Wildman–Crippen LogP) is -0.797. The fraction of sp³-hybridized carbons (Fsp3) is 0.667. The van der Waals surface area contributed by atoms with Crippen molar-refractivity contribution in [1.82, 2.24) is 19.2 Å². The number of carbonyl (C=O) groups is 1. The number of amides is 1. The van der Waals surface area contributed by atoms with E-state index >= 15 is 0 Å². The maximum Gasteiger partial charge on any atom is 0.259 e. The first-order valence-corrected chi connectivity index (χ1v) is 8.12. The number of aryl methyl sites for hydroxylation is 2. The van der Waals surface area contributed by atoms with Crippen molar-refractivity contribution in [2.45, 2.75) is 31.3 Å². The average molecular weight is 317 g/mol. The van der Waals surface area contributed by atoms with Gasteiger partial charge in [-0.15, -0.1) is 0 Å². The fourth-order valence-corrected chi connectivity index (χ4v) is 2.67. The third-order valence-electron chi connectivity index (χ3n) is 3.39. The molecule has 8 nitrogen and oxygen atoms in total. The number of hydrogen-bond donors (Lipinski definition) is 2. The number of rotatable bonds is 7. The van der Waals surface area contributed by atoms with Crippen molar-refractivity contribution in [2.75, 3.05) is 20.1 Å². The first-order valence-electron chi connectivity index (χ1n) is 6.64. The Hall–Kier alpha value is -1.45. The van der Waals surface area contributed by atoms with Crippen molar-refractivity contribution < 1.29 is 13.2 Å². The van der Waals surface area contributed by atoms with Gasteiger partial charge in [0.15, 0.2) is 5.03 Å². The summed E-state index contributed by atoms with van der Waals surface area (Å²) in [6.07, 6.45) is 1.51. The van der Waals surface area contributed by atoms with Crippen LogP contribution in [0.5, 0.6) is 0 Å². The number of likely N-dealkylation sites (N-methyl/N-ethyl adjacent to an activating group) is 1. The van der Waals surface area contributed by atoms with E-state index in [0.29, 0.717) is 12.4 Å². The Morgan fingerprint density at radius 1 is 1.57 bits per heavy atom. The van der Waals surface area contributed by atoms with E-state index in [1.165, 1.54) is 11.1 Å². The molecule has 1 aromatic rings. The Balaban J connectivity index is 2.57. The molecule has 3 N–H and O–H groups in total. The molecule has 0 aliphatic heterocycles. The Morgan fingerprint density at radius 2 is 2.19 bits per heavy atom. The summed E-state index contributed by atoms with van der Waals surface area (Å²) in [5, 5.41) is -0.0429. The summed E-state index contributed by atoms with van der Waals surface area (Å²) < 4.78 is 28.0. The molecule has 0 spiro atoms. The minimum absolute atomic E-state index is 0.0262. The van der Waals surface area contributed by atoms with Gasteiger partial charge in [-0.3, -0.25) is 4.79 Å². The molecule has 120 valence electrons. The molecule has 21 heavy (non-hydrogen) atoms. The number of nitrogens with two attached hydrogens (primary N) is 1. The van der Waals surface area contributed by atoms with Gasteiger partial charge in [0.2, 0.25) is 5.91 Å². The van der Waals surface area contributed by atoms with Gasteiger partial charge in [-0.1, -0.05) is 0 Å². The summed E-state index contributed by atoms with van der Waals surface area (Å²) >= 11 is 0. The van der Waals surface area contributed by atoms with E-state index < -0.39 is 10.0 Å². The molecular formula is C12H23N5O3S. The third kappa shape index (κ3) is 4.51. The van der Waals surface area contributed by atoms with Crippen LogP contribution in [0.3, 0.4) is 0 Å². The molecule has 1 rings (SSSR count). The molecule has 0 aromatic carbocycles. The predicted molar refractivity (Wildman–Crippen MR) is 79.0 cm³/mol. The van der Waals surface area contributed by atoms with Gasteiger partial charge in [0.05, 0.1) is 0 Å². The molecule has 0 aliphatic carbocycles. The van der Waals surface area contributed by atoms with Crippen LogP contribution in [0.1, 0.15) is 19.2 Å². The fourth-order valence-electron chi connectivity index (χ4n) is 1.60. The zero-order chi connectivity index (χ0) is 16.2. The highest BCUT2D eigenvalue weighted by atomic mass is 32.2. The Kier molecular flexibility index (Phi) is 5.87. The molecule has 0 radical (unpaired) electrons. The largest absolute Gasteiger partial charge is 0.342 e. The Bertz CT molecular complexity index is 577. The smallest absolute Gasteiger partial charge is 0.259 e. The van der Waals surface area contributed by atoms with Gasteiger partial charge in [0.25, 0.3) is 10.0 Å². The van der Waals surface area contributed by atoms with Gasteiger partial charge < -0.3 is 15.2 Å². The van der Waals surface area contributed by atoms with Crippen LogP contribution in [0.15, 0.2) is 11.2 Å². The van der Waals surface area contributed by atoms with Gasteiger partial charge in [0, 0.05) is 45.8 Å². The quantitative estimate of drug-likeness (QED) is 0.684. The normalized spacial score (nSPS) is 13.2. The standard InChI is InChI=1S/C12H23N5O3S/c1-9(7-13)17(4)12(18)5-6-14-21(19,20)11-8-16(3)10(2)15-11/h8-9,14H,5-7,13H2,1-4H3. The topological polar surface area (TPSA) is 110 Å². The Labute approximate surface area is 125 Å². The van der Waals surface area contributed by atoms with Crippen LogP contribution in [-0.4, -0.2) is 55.0 Å². The van der Waals surface area contributed by atoms with E-state index in [-0.39, 0.29) is 29.9 Å². The summed E-state index contributed by atoms with van der Waals surface area (Å²) in [5.74, 6) is 0.441. The highest BCUT2D eigenvalue weighted by molar-refractivity contribution is 7.89. The van der Waals surface area contributed by atoms with Gasteiger partial charge >= 0.3 is 0 Å². The first kappa shape index (κ1) is 17.6. The van der Waals surface area contributed by atoms with Crippen LogP contribution in [0.25, 0.3) is 0 Å². The van der Waals surface area contributed by atoms with Crippen molar-refractivity contribution in [3.05, 3.63) is 12.0 Å². The molecule has 0 fully saturated rings. The molecule has 0 bridgehead atoms. The third-order valence-corrected chi connectivity index (χ3v) is 4.72. The molecule has 1 amide bonds. The molecule has 1 heterocycles. The SMILES string of the molecule is Cc1nc(S(=O)(=O)NCCC(=O)N(C)C(C)CN)cn1C. The lowest BCUT2D eigenvalue weighted by molar-refractivity contribution is -0.131. The zero-order valence-corrected chi connectivity index (χ0v) is 13.6. The summed E-state index contributed by atoms with van der Waals surface area (Å²) in [5.41, 5.74) is 5.49. The lowest BCUT2D eigenvalue weighted by Gasteiger charge is -2.23. The summed E-state index contributed by atoms with van der Waals surface area (Å²) in [7, 11) is -0.321. The minimum Gasteiger partial charge on any atom is -0.342 e. The summed E-state index contributed by atoms with van der Waals surface area (Å²) in [6, 6.07) is -0.0763. The van der Waals surface area contributed by atoms with Crippen molar-refractivity contribution in [1.29, 1.82) is 0 Å². The van der Waals surface area contributed by atoms with Gasteiger partial charge in [-0.2, -0.15) is 0 Å². The van der Waals surface area contributed by atoms with E-state index in [9.17, 15) is 13.2 Å². The average Bonchev–Trinajstić information content (AvgIpc) is 2.77. The molecule has 9 heteroatoms. The molecule has 0 saturated carbocycles. The molecule has 1 aromatic heterocycles. The lowest BCUT2D eigenvalue weighted by Crippen LogP contribution is -2.41. The van der Waals surface area contributed by atoms with Gasteiger partial charge in [-0.05, 0) is 13.8 Å². The van der Waals surface area contributed by atoms with Gasteiger partial charge in [0.1, 0.15) is 5.82 Å². The summed E-state index contributed by atoms with van der Waals surface area (Å²) in [6.45, 7) is 3.93. The Morgan fingerprint density at radius 3 is 2.67 bits per heavy atom. The molecular weight excluding hydrogens is 294 g/mol. The van der Waals surface area contributed by atoms with E-state index in [4.69, 9.17) is 5.73 Å². The van der Waals surface area contributed by atoms with Crippen LogP contribution in [0.2, 0.25) is 0 Å². The van der Waals surface area contributed by atoms with E-state index in [1.54, 1.807) is 25.6 Å². The van der Waals surface area contributed by atoms with Crippen LogP contribution in [-0.2, 0) is 21.9 Å². The number of nitrogens with one attached hydrogen (secondary N) is 1. The van der Waals surface area contributed by atoms with Crippen LogP contribution in [0, 0.1) is 6.92 Å². The molecule has 0 aliphatic rings. The van der Waals surface area contributed by atoms with E-state index in [2.05, 4.69) is 9.71 Å². The second-order valence-corrected chi connectivity index (χ2v) is 6.69. The number of imidazole rings is 1. The highest BCUT2D eigenvalue weighted by Gasteiger charge is 2.19. The van der Waals surface area contributed by atoms with E-state index in [0.717, 1.165) is 0 Å². The second kappa shape index (κ2) is 7.01. The maximum atomic E-state index is 12.0. The molecule has 1 atom stereocenters. The number of hydrogen-bond acceptors (Lipinski definition) is 5. The van der Waals surface area contributed by atoms with Crippen molar-refractivity contribution >= 4 is 15.9 Å². The number of aromatic nitrogens is 2. The summed E-state index contributed by atoms with van der Waals surface area (Å²) in [4.78, 5) is 17.3.